The number of hydrogen-bond donors (Lipinski definition) is 0. The highest BCUT2D eigenvalue weighted by Crippen LogP contribution is 2.36. The summed E-state index contributed by atoms with van der Waals surface area (Å²) in [5.74, 6) is 0.607. The molecular weight excluding hydrogens is 396 g/mol. The summed E-state index contributed by atoms with van der Waals surface area (Å²) >= 11 is 7.82. The molecule has 7 heteroatoms. The first kappa shape index (κ1) is 19.2. The van der Waals surface area contributed by atoms with E-state index in [0.717, 1.165) is 35.2 Å². The maximum atomic E-state index is 13.3. The van der Waals surface area contributed by atoms with Crippen LogP contribution < -0.4 is 9.64 Å². The molecule has 2 heterocycles. The Labute approximate surface area is 172 Å². The van der Waals surface area contributed by atoms with Gasteiger partial charge in [-0.3, -0.25) is 9.69 Å². The summed E-state index contributed by atoms with van der Waals surface area (Å²) in [6, 6.07) is 10.9. The SMILES string of the molecule is COc1ccc(C(=O)N(CC2CCCO2)c2nc3c(C)ccc(Cl)c3s2)cc1. The van der Waals surface area contributed by atoms with Crippen LogP contribution in [0.25, 0.3) is 10.2 Å². The van der Waals surface area contributed by atoms with Gasteiger partial charge >= 0.3 is 0 Å². The molecule has 1 aliphatic rings. The lowest BCUT2D eigenvalue weighted by Gasteiger charge is -2.23. The molecule has 1 amide bonds. The molecule has 1 unspecified atom stereocenters. The highest BCUT2D eigenvalue weighted by molar-refractivity contribution is 7.23. The van der Waals surface area contributed by atoms with Crippen LogP contribution in [0.4, 0.5) is 5.13 Å². The van der Waals surface area contributed by atoms with E-state index in [1.54, 1.807) is 36.3 Å². The van der Waals surface area contributed by atoms with E-state index in [-0.39, 0.29) is 12.0 Å². The Hall–Kier alpha value is -2.15. The number of aryl methyl sites for hydroxylation is 1. The van der Waals surface area contributed by atoms with E-state index in [9.17, 15) is 4.79 Å². The molecule has 0 saturated carbocycles. The quantitative estimate of drug-likeness (QED) is 0.581. The van der Waals surface area contributed by atoms with Gasteiger partial charge in [-0.25, -0.2) is 4.98 Å². The Morgan fingerprint density at radius 1 is 1.32 bits per heavy atom. The molecule has 2 aromatic carbocycles. The molecule has 28 heavy (non-hydrogen) atoms. The van der Waals surface area contributed by atoms with E-state index in [1.165, 1.54) is 11.3 Å². The zero-order valence-electron chi connectivity index (χ0n) is 15.8. The van der Waals surface area contributed by atoms with Crippen LogP contribution in [0.1, 0.15) is 28.8 Å². The molecule has 1 aromatic heterocycles. The molecule has 0 bridgehead atoms. The van der Waals surface area contributed by atoms with Crippen molar-refractivity contribution in [3.8, 4) is 5.75 Å². The molecule has 1 saturated heterocycles. The Morgan fingerprint density at radius 3 is 2.75 bits per heavy atom. The van der Waals surface area contributed by atoms with Gasteiger partial charge in [0.2, 0.25) is 0 Å². The third kappa shape index (κ3) is 3.72. The second-order valence-electron chi connectivity index (χ2n) is 6.82. The fourth-order valence-electron chi connectivity index (χ4n) is 3.34. The van der Waals surface area contributed by atoms with E-state index in [1.807, 2.05) is 19.1 Å². The van der Waals surface area contributed by atoms with Crippen molar-refractivity contribution in [2.45, 2.75) is 25.9 Å². The molecule has 146 valence electrons. The Bertz CT molecular complexity index is 958. The number of thiazole rings is 1. The average molecular weight is 417 g/mol. The molecule has 1 fully saturated rings. The number of amides is 1. The van der Waals surface area contributed by atoms with Crippen LogP contribution in [0.3, 0.4) is 0 Å². The molecule has 1 aliphatic heterocycles. The summed E-state index contributed by atoms with van der Waals surface area (Å²) in [5, 5.41) is 1.29. The zero-order chi connectivity index (χ0) is 19.7. The van der Waals surface area contributed by atoms with Crippen molar-refractivity contribution in [3.05, 3.63) is 52.5 Å². The smallest absolute Gasteiger partial charge is 0.260 e. The number of anilines is 1. The number of ether oxygens (including phenoxy) is 2. The number of nitrogens with zero attached hydrogens (tertiary/aromatic N) is 2. The summed E-state index contributed by atoms with van der Waals surface area (Å²) in [6.45, 7) is 3.21. The van der Waals surface area contributed by atoms with Gasteiger partial charge in [-0.1, -0.05) is 29.0 Å². The topological polar surface area (TPSA) is 51.7 Å². The van der Waals surface area contributed by atoms with Crippen LogP contribution in [0.2, 0.25) is 5.02 Å². The van der Waals surface area contributed by atoms with Gasteiger partial charge in [-0.05, 0) is 55.7 Å². The largest absolute Gasteiger partial charge is 0.497 e. The molecular formula is C21H21ClN2O3S. The van der Waals surface area contributed by atoms with Gasteiger partial charge in [-0.15, -0.1) is 0 Å². The first-order chi connectivity index (χ1) is 13.6. The van der Waals surface area contributed by atoms with Gasteiger partial charge < -0.3 is 9.47 Å². The van der Waals surface area contributed by atoms with E-state index in [2.05, 4.69) is 0 Å². The number of methoxy groups -OCH3 is 1. The predicted molar refractivity (Wildman–Crippen MR) is 113 cm³/mol. The van der Waals surface area contributed by atoms with Gasteiger partial charge in [0.25, 0.3) is 5.91 Å². The monoisotopic (exact) mass is 416 g/mol. The van der Waals surface area contributed by atoms with E-state index < -0.39 is 0 Å². The minimum Gasteiger partial charge on any atom is -0.497 e. The van der Waals surface area contributed by atoms with Crippen LogP contribution in [-0.2, 0) is 4.74 Å². The second-order valence-corrected chi connectivity index (χ2v) is 8.20. The number of rotatable bonds is 5. The van der Waals surface area contributed by atoms with Crippen molar-refractivity contribution in [1.29, 1.82) is 0 Å². The Balaban J connectivity index is 1.73. The number of halogens is 1. The lowest BCUT2D eigenvalue weighted by molar-refractivity contribution is 0.0917. The zero-order valence-corrected chi connectivity index (χ0v) is 17.3. The number of carbonyl (C=O) groups excluding carboxylic acids is 1. The van der Waals surface area contributed by atoms with Crippen LogP contribution in [-0.4, -0.2) is 37.3 Å². The summed E-state index contributed by atoms with van der Waals surface area (Å²) in [6.07, 6.45) is 1.97. The van der Waals surface area contributed by atoms with Gasteiger partial charge in [0.05, 0.1) is 35.0 Å². The van der Waals surface area contributed by atoms with Crippen molar-refractivity contribution < 1.29 is 14.3 Å². The number of hydrogen-bond acceptors (Lipinski definition) is 5. The van der Waals surface area contributed by atoms with Crippen molar-refractivity contribution in [2.75, 3.05) is 25.2 Å². The minimum absolute atomic E-state index is 0.0192. The molecule has 0 radical (unpaired) electrons. The van der Waals surface area contributed by atoms with Crippen LogP contribution in [0.5, 0.6) is 5.75 Å². The molecule has 0 aliphatic carbocycles. The van der Waals surface area contributed by atoms with Crippen molar-refractivity contribution in [1.82, 2.24) is 4.98 Å². The van der Waals surface area contributed by atoms with E-state index >= 15 is 0 Å². The molecule has 1 atom stereocenters. The van der Waals surface area contributed by atoms with Gasteiger partial charge in [0.1, 0.15) is 5.75 Å². The first-order valence-corrected chi connectivity index (χ1v) is 10.4. The first-order valence-electron chi connectivity index (χ1n) is 9.20. The lowest BCUT2D eigenvalue weighted by atomic mass is 10.1. The van der Waals surface area contributed by atoms with Crippen molar-refractivity contribution in [3.63, 3.8) is 0 Å². The third-order valence-electron chi connectivity index (χ3n) is 4.91. The fraction of sp³-hybridized carbons (Fsp3) is 0.333. The Morgan fingerprint density at radius 2 is 2.11 bits per heavy atom. The molecule has 0 N–H and O–H groups in total. The normalized spacial score (nSPS) is 16.5. The van der Waals surface area contributed by atoms with Gasteiger partial charge in [-0.2, -0.15) is 0 Å². The minimum atomic E-state index is -0.106. The second kappa shape index (κ2) is 8.07. The summed E-state index contributed by atoms with van der Waals surface area (Å²) in [4.78, 5) is 19.8. The van der Waals surface area contributed by atoms with Crippen LogP contribution in [0.15, 0.2) is 36.4 Å². The van der Waals surface area contributed by atoms with Gasteiger partial charge in [0, 0.05) is 12.2 Å². The summed E-state index contributed by atoms with van der Waals surface area (Å²) in [5.41, 5.74) is 2.46. The molecule has 5 nitrogen and oxygen atoms in total. The molecule has 3 aromatic rings. The van der Waals surface area contributed by atoms with Gasteiger partial charge in [0.15, 0.2) is 5.13 Å². The Kier molecular flexibility index (Phi) is 5.53. The maximum Gasteiger partial charge on any atom is 0.260 e. The number of aromatic nitrogens is 1. The highest BCUT2D eigenvalue weighted by atomic mass is 35.5. The number of fused-ring (bicyclic) bond motifs is 1. The lowest BCUT2D eigenvalue weighted by Crippen LogP contribution is -2.37. The third-order valence-corrected chi connectivity index (χ3v) is 6.45. The summed E-state index contributed by atoms with van der Waals surface area (Å²) < 4.78 is 11.9. The predicted octanol–water partition coefficient (Wildman–Crippen LogP) is 5.09. The standard InChI is InChI=1S/C21H21ClN2O3S/c1-13-5-10-17(22)19-18(13)23-21(28-19)24(12-16-4-3-11-27-16)20(25)14-6-8-15(26-2)9-7-14/h5-10,16H,3-4,11-12H2,1-2H3. The number of carbonyl (C=O) groups is 1. The maximum absolute atomic E-state index is 13.3. The van der Waals surface area contributed by atoms with Crippen molar-refractivity contribution >= 4 is 44.2 Å². The van der Waals surface area contributed by atoms with Crippen molar-refractivity contribution in [2.24, 2.45) is 0 Å². The van der Waals surface area contributed by atoms with E-state index in [0.29, 0.717) is 28.0 Å². The fourth-order valence-corrected chi connectivity index (χ4v) is 4.66. The molecule has 0 spiro atoms. The average Bonchev–Trinajstić information content (AvgIpc) is 3.39. The molecule has 4 rings (SSSR count). The van der Waals surface area contributed by atoms with Crippen LogP contribution >= 0.6 is 22.9 Å². The van der Waals surface area contributed by atoms with E-state index in [4.69, 9.17) is 26.1 Å². The van der Waals surface area contributed by atoms with Crippen LogP contribution in [0, 0.1) is 6.92 Å². The summed E-state index contributed by atoms with van der Waals surface area (Å²) in [7, 11) is 1.60. The highest BCUT2D eigenvalue weighted by Gasteiger charge is 2.27. The number of benzene rings is 2.